The number of hydrogen-bond donors (Lipinski definition) is 3. The van der Waals surface area contributed by atoms with Crippen LogP contribution in [0.1, 0.15) is 51.8 Å². The van der Waals surface area contributed by atoms with Crippen LogP contribution in [0.25, 0.3) is 22.2 Å². The minimum absolute atomic E-state index is 0.0275. The molecule has 10 heteroatoms. The molecule has 37 heavy (non-hydrogen) atoms. The van der Waals surface area contributed by atoms with Crippen LogP contribution in [0.5, 0.6) is 0 Å². The molecule has 5 rings (SSSR count). The highest BCUT2D eigenvalue weighted by molar-refractivity contribution is 6.33. The van der Waals surface area contributed by atoms with Gasteiger partial charge in [-0.05, 0) is 63.3 Å². The number of aryl methyl sites for hydroxylation is 1. The molecule has 0 saturated heterocycles. The number of rotatable bonds is 7. The minimum atomic E-state index is -0.766. The van der Waals surface area contributed by atoms with Crippen molar-refractivity contribution in [1.82, 2.24) is 19.9 Å². The van der Waals surface area contributed by atoms with Gasteiger partial charge in [-0.1, -0.05) is 18.0 Å². The molecular weight excluding hydrogens is 497 g/mol. The van der Waals surface area contributed by atoms with Crippen molar-refractivity contribution in [2.45, 2.75) is 70.2 Å². The molecule has 0 bridgehead atoms. The maximum atomic E-state index is 15.2. The summed E-state index contributed by atoms with van der Waals surface area (Å²) in [5.74, 6) is 0.496. The first-order chi connectivity index (χ1) is 17.7. The third-order valence-electron chi connectivity index (χ3n) is 7.56. The quantitative estimate of drug-likeness (QED) is 0.386. The second-order valence-corrected chi connectivity index (χ2v) is 11.1. The predicted octanol–water partition coefficient (Wildman–Crippen LogP) is 4.62. The highest BCUT2D eigenvalue weighted by Gasteiger charge is 2.33. The van der Waals surface area contributed by atoms with Crippen LogP contribution >= 0.6 is 11.6 Å². The van der Waals surface area contributed by atoms with Crippen LogP contribution in [0, 0.1) is 11.7 Å². The first kappa shape index (κ1) is 26.0. The van der Waals surface area contributed by atoms with Gasteiger partial charge in [0.2, 0.25) is 5.91 Å². The first-order valence-electron chi connectivity index (χ1n) is 12.8. The molecule has 0 spiro atoms. The third kappa shape index (κ3) is 5.23. The SMILES string of the molecule is COCC(O)N[C@@H]1CCC[C@H](C(=O)Nc2cc(-c3cc(F)c4nc5n(c4c3)C(C)(C)CC5)c(Cl)cn2)C1. The molecule has 1 fully saturated rings. The molecule has 2 aliphatic rings. The monoisotopic (exact) mass is 529 g/mol. The Balaban J connectivity index is 1.37. The van der Waals surface area contributed by atoms with Crippen molar-refractivity contribution in [2.75, 3.05) is 19.0 Å². The van der Waals surface area contributed by atoms with Gasteiger partial charge in [-0.3, -0.25) is 10.1 Å². The van der Waals surface area contributed by atoms with Crippen molar-refractivity contribution in [2.24, 2.45) is 5.92 Å². The zero-order chi connectivity index (χ0) is 26.3. The molecule has 1 unspecified atom stereocenters. The van der Waals surface area contributed by atoms with Gasteiger partial charge in [0.05, 0.1) is 17.1 Å². The number of aliphatic hydroxyl groups is 1. The predicted molar refractivity (Wildman–Crippen MR) is 141 cm³/mol. The molecule has 1 aliphatic carbocycles. The summed E-state index contributed by atoms with van der Waals surface area (Å²) in [4.78, 5) is 21.9. The third-order valence-corrected chi connectivity index (χ3v) is 7.87. The Morgan fingerprint density at radius 2 is 2.16 bits per heavy atom. The van der Waals surface area contributed by atoms with E-state index < -0.39 is 12.0 Å². The maximum absolute atomic E-state index is 15.2. The number of amides is 1. The Hall–Kier alpha value is -2.59. The van der Waals surface area contributed by atoms with E-state index in [9.17, 15) is 9.90 Å². The zero-order valence-corrected chi connectivity index (χ0v) is 22.1. The van der Waals surface area contributed by atoms with Crippen molar-refractivity contribution < 1.29 is 19.0 Å². The lowest BCUT2D eigenvalue weighted by Crippen LogP contribution is -2.44. The van der Waals surface area contributed by atoms with Gasteiger partial charge in [-0.2, -0.15) is 0 Å². The molecule has 1 saturated carbocycles. The van der Waals surface area contributed by atoms with Gasteiger partial charge in [0.15, 0.2) is 5.82 Å². The van der Waals surface area contributed by atoms with Crippen molar-refractivity contribution in [3.05, 3.63) is 41.1 Å². The summed E-state index contributed by atoms with van der Waals surface area (Å²) in [6.07, 6.45) is 5.60. The van der Waals surface area contributed by atoms with E-state index in [2.05, 4.69) is 39.0 Å². The Morgan fingerprint density at radius 1 is 1.35 bits per heavy atom. The van der Waals surface area contributed by atoms with Gasteiger partial charge in [0.1, 0.15) is 23.4 Å². The molecule has 2 aromatic heterocycles. The number of ether oxygens (including phenoxy) is 1. The summed E-state index contributed by atoms with van der Waals surface area (Å²) in [6.45, 7) is 4.45. The molecule has 1 aliphatic heterocycles. The smallest absolute Gasteiger partial charge is 0.228 e. The van der Waals surface area contributed by atoms with E-state index in [1.807, 2.05) is 6.07 Å². The molecule has 3 atom stereocenters. The van der Waals surface area contributed by atoms with Crippen LogP contribution in [0.2, 0.25) is 5.02 Å². The number of methoxy groups -OCH3 is 1. The number of fused-ring (bicyclic) bond motifs is 3. The molecule has 198 valence electrons. The number of benzene rings is 1. The molecule has 8 nitrogen and oxygen atoms in total. The van der Waals surface area contributed by atoms with Gasteiger partial charge in [-0.15, -0.1) is 0 Å². The van der Waals surface area contributed by atoms with E-state index in [0.29, 0.717) is 33.9 Å². The van der Waals surface area contributed by atoms with E-state index in [0.717, 1.165) is 43.4 Å². The molecular formula is C27H33ClFN5O3. The molecule has 1 amide bonds. The Kier molecular flexibility index (Phi) is 7.24. The van der Waals surface area contributed by atoms with Crippen molar-refractivity contribution >= 4 is 34.4 Å². The fourth-order valence-corrected chi connectivity index (χ4v) is 5.94. The van der Waals surface area contributed by atoms with Gasteiger partial charge in [-0.25, -0.2) is 14.4 Å². The molecule has 1 aromatic carbocycles. The first-order valence-corrected chi connectivity index (χ1v) is 13.2. The lowest BCUT2D eigenvalue weighted by atomic mass is 9.85. The fraction of sp³-hybridized carbons (Fsp3) is 0.519. The largest absolute Gasteiger partial charge is 0.381 e. The zero-order valence-electron chi connectivity index (χ0n) is 21.4. The number of aliphatic hydroxyl groups excluding tert-OH is 1. The normalized spacial score (nSPS) is 21.7. The molecule has 3 aromatic rings. The van der Waals surface area contributed by atoms with E-state index in [-0.39, 0.29) is 30.0 Å². The Bertz CT molecular complexity index is 1330. The standard InChI is InChI=1S/C27H33ClFN5O3/c1-27(2)8-7-23-33-25-20(29)10-16(11-21(25)34(23)27)18-12-22(30-13-19(18)28)32-26(36)15-5-4-6-17(9-15)31-24(35)14-37-3/h10-13,15,17,24,31,35H,4-9,14H2,1-3H3,(H,30,32,36)/t15-,17+,24?/m0/s1. The summed E-state index contributed by atoms with van der Waals surface area (Å²) in [7, 11) is 1.53. The summed E-state index contributed by atoms with van der Waals surface area (Å²) in [5, 5.41) is 16.4. The van der Waals surface area contributed by atoms with Crippen molar-refractivity contribution in [3.8, 4) is 11.1 Å². The average Bonchev–Trinajstić information content (AvgIpc) is 3.38. The molecule has 0 radical (unpaired) electrons. The fourth-order valence-electron chi connectivity index (χ4n) is 5.73. The minimum Gasteiger partial charge on any atom is -0.381 e. The second kappa shape index (κ2) is 10.3. The highest BCUT2D eigenvalue weighted by atomic mass is 35.5. The van der Waals surface area contributed by atoms with Crippen LogP contribution < -0.4 is 10.6 Å². The molecule has 3 heterocycles. The highest BCUT2D eigenvalue weighted by Crippen LogP contribution is 2.39. The Morgan fingerprint density at radius 3 is 2.95 bits per heavy atom. The van der Waals surface area contributed by atoms with E-state index in [1.165, 1.54) is 19.4 Å². The molecule has 3 N–H and O–H groups in total. The summed E-state index contributed by atoms with van der Waals surface area (Å²) >= 11 is 6.50. The van der Waals surface area contributed by atoms with Gasteiger partial charge < -0.3 is 19.7 Å². The number of carbonyl (C=O) groups is 1. The number of anilines is 1. The number of nitrogens with zero attached hydrogens (tertiary/aromatic N) is 3. The number of nitrogens with one attached hydrogen (secondary N) is 2. The number of imidazole rings is 1. The van der Waals surface area contributed by atoms with Gasteiger partial charge in [0, 0.05) is 42.8 Å². The van der Waals surface area contributed by atoms with Crippen LogP contribution in [0.4, 0.5) is 10.2 Å². The average molecular weight is 530 g/mol. The summed E-state index contributed by atoms with van der Waals surface area (Å²) in [6, 6.07) is 5.07. The van der Waals surface area contributed by atoms with E-state index >= 15 is 4.39 Å². The number of pyridine rings is 1. The van der Waals surface area contributed by atoms with E-state index in [4.69, 9.17) is 16.3 Å². The van der Waals surface area contributed by atoms with Crippen molar-refractivity contribution in [1.29, 1.82) is 0 Å². The topological polar surface area (TPSA) is 101 Å². The lowest BCUT2D eigenvalue weighted by Gasteiger charge is -2.30. The van der Waals surface area contributed by atoms with Gasteiger partial charge >= 0.3 is 0 Å². The van der Waals surface area contributed by atoms with Crippen LogP contribution in [-0.4, -0.2) is 51.5 Å². The number of carbonyl (C=O) groups excluding carboxylic acids is 1. The van der Waals surface area contributed by atoms with Gasteiger partial charge in [0.25, 0.3) is 0 Å². The van der Waals surface area contributed by atoms with Crippen molar-refractivity contribution in [3.63, 3.8) is 0 Å². The van der Waals surface area contributed by atoms with Crippen LogP contribution in [0.3, 0.4) is 0 Å². The maximum Gasteiger partial charge on any atom is 0.228 e. The number of aromatic nitrogens is 3. The second-order valence-electron chi connectivity index (χ2n) is 10.7. The lowest BCUT2D eigenvalue weighted by molar-refractivity contribution is -0.121. The summed E-state index contributed by atoms with van der Waals surface area (Å²) in [5.41, 5.74) is 2.14. The number of halogens is 2. The number of hydrogen-bond acceptors (Lipinski definition) is 6. The van der Waals surface area contributed by atoms with E-state index in [1.54, 1.807) is 6.07 Å². The Labute approximate surface area is 220 Å². The van der Waals surface area contributed by atoms with Crippen LogP contribution in [-0.2, 0) is 21.5 Å². The summed E-state index contributed by atoms with van der Waals surface area (Å²) < 4.78 is 22.3. The van der Waals surface area contributed by atoms with Crippen LogP contribution in [0.15, 0.2) is 24.4 Å².